The van der Waals surface area contributed by atoms with Gasteiger partial charge in [-0.2, -0.15) is 4.72 Å². The lowest BCUT2D eigenvalue weighted by atomic mass is 9.77. The fourth-order valence-electron chi connectivity index (χ4n) is 4.54. The summed E-state index contributed by atoms with van der Waals surface area (Å²) in [5.74, 6) is -2.85. The second-order valence-electron chi connectivity index (χ2n) is 9.33. The molecule has 11 nitrogen and oxygen atoms in total. The molecule has 1 aromatic carbocycles. The number of amides is 2. The van der Waals surface area contributed by atoms with Crippen molar-refractivity contribution >= 4 is 28.1 Å². The molecule has 2 bridgehead atoms. The third kappa shape index (κ3) is 5.88. The number of carbonyl (C=O) groups is 2. The van der Waals surface area contributed by atoms with Gasteiger partial charge in [0.05, 0.1) is 5.54 Å². The van der Waals surface area contributed by atoms with E-state index in [1.54, 1.807) is 0 Å². The number of halogens is 1. The highest BCUT2D eigenvalue weighted by Gasteiger charge is 2.40. The van der Waals surface area contributed by atoms with E-state index in [0.29, 0.717) is 31.2 Å². The average Bonchev–Trinajstić information content (AvgIpc) is 3.19. The first-order chi connectivity index (χ1) is 17.5. The van der Waals surface area contributed by atoms with Crippen molar-refractivity contribution < 1.29 is 32.0 Å². The van der Waals surface area contributed by atoms with Crippen molar-refractivity contribution in [2.24, 2.45) is 10.9 Å². The van der Waals surface area contributed by atoms with Crippen molar-refractivity contribution in [1.29, 1.82) is 0 Å². The molecule has 3 aliphatic rings. The molecule has 4 N–H and O–H groups in total. The quantitative estimate of drug-likeness (QED) is 0.441. The van der Waals surface area contributed by atoms with Crippen molar-refractivity contribution in [3.8, 4) is 0 Å². The van der Waals surface area contributed by atoms with Crippen molar-refractivity contribution in [1.82, 2.24) is 20.5 Å². The minimum Gasteiger partial charge on any atom is -0.501 e. The molecule has 5 rings (SSSR count). The second kappa shape index (κ2) is 10.4. The molecule has 3 heterocycles. The number of fused-ring (bicyclic) bond motifs is 6. The predicted octanol–water partition coefficient (Wildman–Crippen LogP) is 1.92. The van der Waals surface area contributed by atoms with Crippen molar-refractivity contribution in [2.75, 3.05) is 6.54 Å². The lowest BCUT2D eigenvalue weighted by Gasteiger charge is -2.37. The standard InChI is InChI=1S/C24H28FN5O6S/c1-14-21(15(2)36-29-14)37(34,35)30-24-9-7-17(8-10-24)12-27-23(33)20(31)19(28-13-24)22(32)26-11-16-3-5-18(25)6-4-16/h3-6,13,17,30-31H,7-12H2,1-2H3,(H,26,32)(H,27,33)/b20-19+,28-13?. The third-order valence-corrected chi connectivity index (χ3v) is 8.38. The fourth-order valence-corrected chi connectivity index (χ4v) is 6.28. The number of aliphatic hydroxyl groups excluding tert-OH is 1. The largest absolute Gasteiger partial charge is 0.501 e. The van der Waals surface area contributed by atoms with Gasteiger partial charge in [0.25, 0.3) is 11.8 Å². The molecular formula is C24H28FN5O6S. The number of benzene rings is 1. The van der Waals surface area contributed by atoms with Gasteiger partial charge in [0.15, 0.2) is 11.5 Å². The number of aryl methyl sites for hydroxylation is 2. The first-order valence-corrected chi connectivity index (χ1v) is 13.2. The van der Waals surface area contributed by atoms with Crippen LogP contribution < -0.4 is 15.4 Å². The van der Waals surface area contributed by atoms with Gasteiger partial charge in [-0.05, 0) is 63.1 Å². The predicted molar refractivity (Wildman–Crippen MR) is 130 cm³/mol. The van der Waals surface area contributed by atoms with E-state index in [1.165, 1.54) is 44.3 Å². The maximum absolute atomic E-state index is 13.3. The zero-order chi connectivity index (χ0) is 26.8. The van der Waals surface area contributed by atoms with Crippen molar-refractivity contribution in [2.45, 2.75) is 56.5 Å². The summed E-state index contributed by atoms with van der Waals surface area (Å²) in [6.07, 6.45) is 3.13. The molecule has 198 valence electrons. The number of nitrogens with zero attached hydrogens (tertiary/aromatic N) is 2. The number of rotatable bonds is 6. The number of nitrogens with one attached hydrogen (secondary N) is 3. The smallest absolute Gasteiger partial charge is 0.288 e. The molecule has 1 saturated carbocycles. The highest BCUT2D eigenvalue weighted by Crippen LogP contribution is 2.34. The van der Waals surface area contributed by atoms with E-state index in [-0.39, 0.29) is 35.4 Å². The van der Waals surface area contributed by atoms with E-state index in [4.69, 9.17) is 4.52 Å². The Balaban J connectivity index is 1.66. The fraction of sp³-hybridized carbons (Fsp3) is 0.417. The summed E-state index contributed by atoms with van der Waals surface area (Å²) < 4.78 is 47.5. The van der Waals surface area contributed by atoms with Crippen LogP contribution in [0.1, 0.15) is 42.7 Å². The summed E-state index contributed by atoms with van der Waals surface area (Å²) in [6, 6.07) is 5.44. The van der Waals surface area contributed by atoms with Crippen molar-refractivity contribution in [3.63, 3.8) is 0 Å². The van der Waals surface area contributed by atoms with Gasteiger partial charge in [-0.15, -0.1) is 0 Å². The highest BCUT2D eigenvalue weighted by molar-refractivity contribution is 7.89. The Labute approximate surface area is 213 Å². The van der Waals surface area contributed by atoms with Crippen LogP contribution in [0.15, 0.2) is 50.1 Å². The van der Waals surface area contributed by atoms with Gasteiger partial charge in [-0.3, -0.25) is 9.59 Å². The molecule has 2 aromatic rings. The molecule has 2 amide bonds. The number of carbonyl (C=O) groups excluding carboxylic acids is 2. The van der Waals surface area contributed by atoms with Gasteiger partial charge >= 0.3 is 0 Å². The molecule has 1 aromatic heterocycles. The Bertz CT molecular complexity index is 1340. The Morgan fingerprint density at radius 2 is 1.92 bits per heavy atom. The van der Waals surface area contributed by atoms with Gasteiger partial charge in [-0.1, -0.05) is 17.3 Å². The summed E-state index contributed by atoms with van der Waals surface area (Å²) >= 11 is 0. The second-order valence-corrected chi connectivity index (χ2v) is 11.0. The van der Waals surface area contributed by atoms with E-state index in [2.05, 4.69) is 25.5 Å². The summed E-state index contributed by atoms with van der Waals surface area (Å²) in [7, 11) is -4.08. The number of sulfonamides is 1. The minimum absolute atomic E-state index is 0.0150. The molecule has 0 saturated heterocycles. The van der Waals surface area contributed by atoms with E-state index in [0.717, 1.165) is 0 Å². The van der Waals surface area contributed by atoms with Crippen LogP contribution in [-0.4, -0.2) is 48.8 Å². The van der Waals surface area contributed by atoms with Crippen LogP contribution in [0.2, 0.25) is 0 Å². The van der Waals surface area contributed by atoms with Crippen molar-refractivity contribution in [3.05, 3.63) is 58.6 Å². The van der Waals surface area contributed by atoms with Crippen LogP contribution in [0.5, 0.6) is 0 Å². The van der Waals surface area contributed by atoms with E-state index in [9.17, 15) is 27.5 Å². The molecular weight excluding hydrogens is 505 g/mol. The zero-order valence-corrected chi connectivity index (χ0v) is 21.2. The van der Waals surface area contributed by atoms with Crippen LogP contribution in [-0.2, 0) is 26.2 Å². The van der Waals surface area contributed by atoms with Gasteiger partial charge in [0, 0.05) is 19.3 Å². The normalized spacial score (nSPS) is 24.4. The molecule has 0 radical (unpaired) electrons. The van der Waals surface area contributed by atoms with Crippen LogP contribution in [0.3, 0.4) is 0 Å². The van der Waals surface area contributed by atoms with Crippen LogP contribution in [0, 0.1) is 25.6 Å². The molecule has 0 spiro atoms. The molecule has 2 aliphatic heterocycles. The van der Waals surface area contributed by atoms with Gasteiger partial charge < -0.3 is 20.3 Å². The van der Waals surface area contributed by atoms with Crippen LogP contribution in [0.25, 0.3) is 0 Å². The van der Waals surface area contributed by atoms with E-state index >= 15 is 0 Å². The number of aliphatic hydroxyl groups is 1. The first kappa shape index (κ1) is 26.5. The molecule has 37 heavy (non-hydrogen) atoms. The van der Waals surface area contributed by atoms with E-state index in [1.807, 2.05) is 0 Å². The number of aromatic nitrogens is 1. The van der Waals surface area contributed by atoms with Crippen LogP contribution in [0.4, 0.5) is 4.39 Å². The SMILES string of the molecule is Cc1noc(C)c1S(=O)(=O)NC12C=N/C(C(=O)NCc3ccc(F)cc3)=C(/O)C(=O)NCC(CC1)CC2. The van der Waals surface area contributed by atoms with Gasteiger partial charge in [0.2, 0.25) is 15.8 Å². The first-order valence-electron chi connectivity index (χ1n) is 11.8. The number of hydrogen-bond donors (Lipinski definition) is 4. The summed E-state index contributed by atoms with van der Waals surface area (Å²) in [6.45, 7) is 3.25. The minimum atomic E-state index is -4.08. The monoisotopic (exact) mass is 533 g/mol. The van der Waals surface area contributed by atoms with Gasteiger partial charge in [-0.25, -0.2) is 17.8 Å². The summed E-state index contributed by atoms with van der Waals surface area (Å²) in [4.78, 5) is 29.6. The Morgan fingerprint density at radius 3 is 2.54 bits per heavy atom. The Kier molecular flexibility index (Phi) is 7.46. The summed E-state index contributed by atoms with van der Waals surface area (Å²) in [5.41, 5.74) is -0.957. The molecule has 0 unspecified atom stereocenters. The Hall–Kier alpha value is -3.58. The molecule has 1 fully saturated rings. The zero-order valence-electron chi connectivity index (χ0n) is 20.4. The number of hydrogen-bond acceptors (Lipinski definition) is 8. The third-order valence-electron chi connectivity index (χ3n) is 6.58. The maximum atomic E-state index is 13.3. The lowest BCUT2D eigenvalue weighted by molar-refractivity contribution is -0.122. The molecule has 13 heteroatoms. The average molecular weight is 534 g/mol. The number of aliphatic imine (C=N–C) groups is 1. The lowest BCUT2D eigenvalue weighted by Crippen LogP contribution is -2.52. The highest BCUT2D eigenvalue weighted by atomic mass is 32.2. The maximum Gasteiger partial charge on any atom is 0.288 e. The molecule has 1 aliphatic carbocycles. The summed E-state index contributed by atoms with van der Waals surface area (Å²) in [5, 5.41) is 19.5. The van der Waals surface area contributed by atoms with Crippen LogP contribution >= 0.6 is 0 Å². The Morgan fingerprint density at radius 1 is 1.24 bits per heavy atom. The molecule has 0 atom stereocenters. The van der Waals surface area contributed by atoms with Gasteiger partial charge in [0.1, 0.15) is 16.4 Å². The topological polar surface area (TPSA) is 163 Å². The van der Waals surface area contributed by atoms with E-state index < -0.39 is 44.7 Å².